The first-order chi connectivity index (χ1) is 8.70. The Bertz CT molecular complexity index is 535. The number of aromatic nitrogens is 1. The third-order valence-corrected chi connectivity index (χ3v) is 2.62. The van der Waals surface area contributed by atoms with Crippen molar-refractivity contribution in [3.63, 3.8) is 0 Å². The lowest BCUT2D eigenvalue weighted by atomic mass is 10.1. The van der Waals surface area contributed by atoms with Gasteiger partial charge in [0.05, 0.1) is 19.3 Å². The van der Waals surface area contributed by atoms with Crippen molar-refractivity contribution in [3.05, 3.63) is 47.8 Å². The van der Waals surface area contributed by atoms with E-state index in [4.69, 9.17) is 10.5 Å². The highest BCUT2D eigenvalue weighted by Gasteiger charge is 2.07. The van der Waals surface area contributed by atoms with Gasteiger partial charge in [0.1, 0.15) is 5.75 Å². The molecule has 1 aromatic heterocycles. The number of carbonyl (C=O) groups is 1. The third kappa shape index (κ3) is 2.63. The second-order valence-corrected chi connectivity index (χ2v) is 3.83. The molecule has 5 heteroatoms. The SMILES string of the molecule is COc1ccc(C(N)=O)cc1NCc1ccc[nH]1. The summed E-state index contributed by atoms with van der Waals surface area (Å²) in [5.74, 6) is 0.215. The molecule has 0 aliphatic rings. The van der Waals surface area contributed by atoms with Gasteiger partial charge in [0.25, 0.3) is 0 Å². The van der Waals surface area contributed by atoms with Crippen LogP contribution in [0.1, 0.15) is 16.1 Å². The van der Waals surface area contributed by atoms with Crippen molar-refractivity contribution in [3.8, 4) is 5.75 Å². The van der Waals surface area contributed by atoms with Crippen molar-refractivity contribution in [2.24, 2.45) is 5.73 Å². The fourth-order valence-electron chi connectivity index (χ4n) is 1.67. The molecule has 1 aromatic carbocycles. The number of amides is 1. The Kier molecular flexibility index (Phi) is 3.52. The maximum atomic E-state index is 11.1. The molecule has 0 saturated heterocycles. The van der Waals surface area contributed by atoms with Gasteiger partial charge in [-0.3, -0.25) is 4.79 Å². The molecule has 4 N–H and O–H groups in total. The maximum Gasteiger partial charge on any atom is 0.248 e. The second kappa shape index (κ2) is 5.27. The van der Waals surface area contributed by atoms with Crippen LogP contribution in [0.4, 0.5) is 5.69 Å². The first-order valence-electron chi connectivity index (χ1n) is 5.54. The number of carbonyl (C=O) groups excluding carboxylic acids is 1. The molecular formula is C13H15N3O2. The molecule has 0 aliphatic heterocycles. The van der Waals surface area contributed by atoms with Crippen molar-refractivity contribution in [2.75, 3.05) is 12.4 Å². The Labute approximate surface area is 105 Å². The summed E-state index contributed by atoms with van der Waals surface area (Å²) in [5, 5.41) is 3.20. The molecule has 5 nitrogen and oxygen atoms in total. The summed E-state index contributed by atoms with van der Waals surface area (Å²) in [6.07, 6.45) is 1.86. The molecule has 0 bridgehead atoms. The van der Waals surface area contributed by atoms with Crippen molar-refractivity contribution in [1.29, 1.82) is 0 Å². The number of ether oxygens (including phenoxy) is 1. The van der Waals surface area contributed by atoms with E-state index in [0.717, 1.165) is 11.4 Å². The summed E-state index contributed by atoms with van der Waals surface area (Å²) in [4.78, 5) is 14.2. The number of H-pyrrole nitrogens is 1. The van der Waals surface area contributed by atoms with Crippen LogP contribution < -0.4 is 15.8 Å². The molecule has 94 valence electrons. The maximum absolute atomic E-state index is 11.1. The highest BCUT2D eigenvalue weighted by molar-refractivity contribution is 5.94. The largest absolute Gasteiger partial charge is 0.495 e. The van der Waals surface area contributed by atoms with Gasteiger partial charge in [-0.25, -0.2) is 0 Å². The van der Waals surface area contributed by atoms with Crippen LogP contribution in [0, 0.1) is 0 Å². The van der Waals surface area contributed by atoms with Crippen LogP contribution >= 0.6 is 0 Å². The van der Waals surface area contributed by atoms with E-state index in [1.165, 1.54) is 0 Å². The molecule has 18 heavy (non-hydrogen) atoms. The Morgan fingerprint density at radius 2 is 2.28 bits per heavy atom. The lowest BCUT2D eigenvalue weighted by Gasteiger charge is -2.11. The summed E-state index contributed by atoms with van der Waals surface area (Å²) < 4.78 is 5.23. The zero-order valence-corrected chi connectivity index (χ0v) is 10.1. The topological polar surface area (TPSA) is 80.1 Å². The third-order valence-electron chi connectivity index (χ3n) is 2.62. The average molecular weight is 245 g/mol. The van der Waals surface area contributed by atoms with Crippen molar-refractivity contribution in [2.45, 2.75) is 6.54 Å². The number of rotatable bonds is 5. The average Bonchev–Trinajstić information content (AvgIpc) is 2.89. The summed E-state index contributed by atoms with van der Waals surface area (Å²) in [6.45, 7) is 0.617. The van der Waals surface area contributed by atoms with E-state index in [2.05, 4.69) is 10.3 Å². The van der Waals surface area contributed by atoms with Gasteiger partial charge in [-0.05, 0) is 30.3 Å². The molecule has 0 aliphatic carbocycles. The number of aromatic amines is 1. The number of benzene rings is 1. The first kappa shape index (κ1) is 12.0. The second-order valence-electron chi connectivity index (χ2n) is 3.83. The van der Waals surface area contributed by atoms with Gasteiger partial charge in [0.2, 0.25) is 5.91 Å². The quantitative estimate of drug-likeness (QED) is 0.750. The van der Waals surface area contributed by atoms with E-state index in [-0.39, 0.29) is 0 Å². The molecular weight excluding hydrogens is 230 g/mol. The number of nitrogens with one attached hydrogen (secondary N) is 2. The standard InChI is InChI=1S/C13H15N3O2/c1-18-12-5-4-9(13(14)17)7-11(12)16-8-10-3-2-6-15-10/h2-7,15-16H,8H2,1H3,(H2,14,17). The van der Waals surface area contributed by atoms with Crippen LogP contribution in [-0.2, 0) is 6.54 Å². The van der Waals surface area contributed by atoms with E-state index in [1.807, 2.05) is 18.3 Å². The number of anilines is 1. The fourth-order valence-corrected chi connectivity index (χ4v) is 1.67. The minimum Gasteiger partial charge on any atom is -0.495 e. The number of hydrogen-bond acceptors (Lipinski definition) is 3. The molecule has 0 spiro atoms. The van der Waals surface area contributed by atoms with E-state index >= 15 is 0 Å². The molecule has 1 heterocycles. The molecule has 0 saturated carbocycles. The Morgan fingerprint density at radius 1 is 1.44 bits per heavy atom. The minimum absolute atomic E-state index is 0.449. The van der Waals surface area contributed by atoms with Crippen LogP contribution in [0.15, 0.2) is 36.5 Å². The normalized spacial score (nSPS) is 10.1. The monoisotopic (exact) mass is 245 g/mol. The molecule has 1 amide bonds. The van der Waals surface area contributed by atoms with Crippen LogP contribution in [0.2, 0.25) is 0 Å². The van der Waals surface area contributed by atoms with Gasteiger partial charge < -0.3 is 20.8 Å². The zero-order chi connectivity index (χ0) is 13.0. The van der Waals surface area contributed by atoms with Gasteiger partial charge in [-0.15, -0.1) is 0 Å². The summed E-state index contributed by atoms with van der Waals surface area (Å²) in [5.41, 5.74) is 7.48. The Hall–Kier alpha value is -2.43. The van der Waals surface area contributed by atoms with E-state index in [1.54, 1.807) is 25.3 Å². The van der Waals surface area contributed by atoms with E-state index in [0.29, 0.717) is 17.9 Å². The number of primary amides is 1. The Balaban J connectivity index is 2.18. The van der Waals surface area contributed by atoms with Gasteiger partial charge >= 0.3 is 0 Å². The molecule has 2 rings (SSSR count). The van der Waals surface area contributed by atoms with Gasteiger partial charge in [-0.2, -0.15) is 0 Å². The van der Waals surface area contributed by atoms with E-state index in [9.17, 15) is 4.79 Å². The lowest BCUT2D eigenvalue weighted by Crippen LogP contribution is -2.11. The van der Waals surface area contributed by atoms with Crippen molar-refractivity contribution >= 4 is 11.6 Å². The van der Waals surface area contributed by atoms with Crippen LogP contribution in [0.25, 0.3) is 0 Å². The van der Waals surface area contributed by atoms with Gasteiger partial charge in [0.15, 0.2) is 0 Å². The highest BCUT2D eigenvalue weighted by atomic mass is 16.5. The summed E-state index contributed by atoms with van der Waals surface area (Å²) >= 11 is 0. The van der Waals surface area contributed by atoms with Gasteiger partial charge in [0, 0.05) is 17.5 Å². The zero-order valence-electron chi connectivity index (χ0n) is 10.1. The highest BCUT2D eigenvalue weighted by Crippen LogP contribution is 2.25. The number of methoxy groups -OCH3 is 1. The molecule has 0 radical (unpaired) electrons. The first-order valence-corrected chi connectivity index (χ1v) is 5.54. The molecule has 0 atom stereocenters. The summed E-state index contributed by atoms with van der Waals surface area (Å²) in [6, 6.07) is 8.94. The van der Waals surface area contributed by atoms with Gasteiger partial charge in [-0.1, -0.05) is 0 Å². The van der Waals surface area contributed by atoms with Crippen LogP contribution in [0.5, 0.6) is 5.75 Å². The number of nitrogens with two attached hydrogens (primary N) is 1. The van der Waals surface area contributed by atoms with Crippen molar-refractivity contribution < 1.29 is 9.53 Å². The smallest absolute Gasteiger partial charge is 0.248 e. The van der Waals surface area contributed by atoms with Crippen LogP contribution in [-0.4, -0.2) is 18.0 Å². The predicted molar refractivity (Wildman–Crippen MR) is 69.6 cm³/mol. The predicted octanol–water partition coefficient (Wildman–Crippen LogP) is 1.73. The minimum atomic E-state index is -0.458. The fraction of sp³-hybridized carbons (Fsp3) is 0.154. The van der Waals surface area contributed by atoms with Crippen molar-refractivity contribution in [1.82, 2.24) is 4.98 Å². The number of hydrogen-bond donors (Lipinski definition) is 3. The summed E-state index contributed by atoms with van der Waals surface area (Å²) in [7, 11) is 1.58. The lowest BCUT2D eigenvalue weighted by molar-refractivity contribution is 0.100. The van der Waals surface area contributed by atoms with Crippen LogP contribution in [0.3, 0.4) is 0 Å². The molecule has 0 fully saturated rings. The Morgan fingerprint density at radius 3 is 2.89 bits per heavy atom. The molecule has 2 aromatic rings. The van der Waals surface area contributed by atoms with E-state index < -0.39 is 5.91 Å². The molecule has 0 unspecified atom stereocenters.